The Balaban J connectivity index is 1.86. The first kappa shape index (κ1) is 14.6. The number of hydrogen-bond donors (Lipinski definition) is 1. The van der Waals surface area contributed by atoms with Crippen LogP contribution in [0.5, 0.6) is 0 Å². The van der Waals surface area contributed by atoms with E-state index >= 15 is 0 Å². The maximum atomic E-state index is 10.8. The highest BCUT2D eigenvalue weighted by atomic mass is 16.6. The monoisotopic (exact) mass is 306 g/mol. The number of aromatic nitrogens is 1. The molecule has 6 nitrogen and oxygen atoms in total. The van der Waals surface area contributed by atoms with E-state index in [9.17, 15) is 10.1 Å². The number of nitro groups is 1. The topological polar surface area (TPSA) is 80.4 Å². The number of para-hydroxylation sites is 1. The molecule has 0 unspecified atom stereocenters. The minimum Gasteiger partial charge on any atom is -0.278 e. The van der Waals surface area contributed by atoms with Gasteiger partial charge in [-0.1, -0.05) is 30.3 Å². The van der Waals surface area contributed by atoms with Crippen molar-refractivity contribution in [2.75, 3.05) is 5.43 Å². The van der Waals surface area contributed by atoms with Crippen molar-refractivity contribution in [2.45, 2.75) is 6.92 Å². The lowest BCUT2D eigenvalue weighted by Crippen LogP contribution is -1.95. The third-order valence-electron chi connectivity index (χ3n) is 3.32. The highest BCUT2D eigenvalue weighted by molar-refractivity contribution is 5.92. The Hall–Kier alpha value is -3.28. The molecule has 1 aromatic heterocycles. The fourth-order valence-electron chi connectivity index (χ4n) is 2.30. The van der Waals surface area contributed by atoms with Crippen molar-refractivity contribution in [3.8, 4) is 0 Å². The second kappa shape index (κ2) is 6.23. The van der Waals surface area contributed by atoms with Gasteiger partial charge in [-0.2, -0.15) is 5.10 Å². The second-order valence-electron chi connectivity index (χ2n) is 5.05. The Bertz CT molecular complexity index is 906. The van der Waals surface area contributed by atoms with Gasteiger partial charge < -0.3 is 0 Å². The maximum absolute atomic E-state index is 10.8. The van der Waals surface area contributed by atoms with E-state index in [1.165, 1.54) is 12.1 Å². The van der Waals surface area contributed by atoms with Crippen LogP contribution in [0.3, 0.4) is 0 Å². The van der Waals surface area contributed by atoms with E-state index in [-0.39, 0.29) is 5.69 Å². The minimum absolute atomic E-state index is 0.0409. The normalized spacial score (nSPS) is 11.0. The number of nitro benzene ring substituents is 1. The van der Waals surface area contributed by atoms with Crippen molar-refractivity contribution >= 4 is 28.5 Å². The Labute approximate surface area is 132 Å². The van der Waals surface area contributed by atoms with Gasteiger partial charge >= 0.3 is 0 Å². The first-order valence-corrected chi connectivity index (χ1v) is 7.03. The van der Waals surface area contributed by atoms with Gasteiger partial charge in [0.05, 0.1) is 22.3 Å². The molecule has 0 radical (unpaired) electrons. The van der Waals surface area contributed by atoms with Crippen LogP contribution in [0.15, 0.2) is 59.7 Å². The lowest BCUT2D eigenvalue weighted by atomic mass is 10.1. The molecule has 0 spiro atoms. The van der Waals surface area contributed by atoms with Crippen LogP contribution in [0.25, 0.3) is 10.9 Å². The molecular weight excluding hydrogens is 292 g/mol. The standard InChI is InChI=1S/C17H14N4O2/c1-12-9-17(15-7-2-3-8-16(15)19-12)20-18-11-13-5-4-6-14(10-13)21(22)23/h2-11H,1H3,(H,19,20)/b18-11+. The molecule has 3 rings (SSSR count). The summed E-state index contributed by atoms with van der Waals surface area (Å²) < 4.78 is 0. The van der Waals surface area contributed by atoms with Gasteiger partial charge in [0, 0.05) is 28.8 Å². The first-order valence-electron chi connectivity index (χ1n) is 7.03. The van der Waals surface area contributed by atoms with Crippen molar-refractivity contribution in [1.29, 1.82) is 0 Å². The van der Waals surface area contributed by atoms with E-state index in [0.717, 1.165) is 22.3 Å². The van der Waals surface area contributed by atoms with Crippen LogP contribution in [0.1, 0.15) is 11.3 Å². The van der Waals surface area contributed by atoms with Crippen LogP contribution >= 0.6 is 0 Å². The lowest BCUT2D eigenvalue weighted by molar-refractivity contribution is -0.384. The number of pyridine rings is 1. The molecule has 0 amide bonds. The molecule has 0 atom stereocenters. The van der Waals surface area contributed by atoms with Gasteiger partial charge in [0.25, 0.3) is 5.69 Å². The zero-order valence-electron chi connectivity index (χ0n) is 12.4. The van der Waals surface area contributed by atoms with Crippen LogP contribution in [0.4, 0.5) is 11.4 Å². The number of non-ortho nitro benzene ring substituents is 1. The molecule has 0 saturated heterocycles. The lowest BCUT2D eigenvalue weighted by Gasteiger charge is -2.06. The quantitative estimate of drug-likeness (QED) is 0.450. The van der Waals surface area contributed by atoms with Gasteiger partial charge in [0.2, 0.25) is 0 Å². The minimum atomic E-state index is -0.426. The molecule has 1 N–H and O–H groups in total. The molecule has 0 bridgehead atoms. The first-order chi connectivity index (χ1) is 11.1. The molecule has 23 heavy (non-hydrogen) atoms. The van der Waals surface area contributed by atoms with Gasteiger partial charge in [-0.25, -0.2) is 0 Å². The molecule has 1 heterocycles. The van der Waals surface area contributed by atoms with Crippen LogP contribution in [-0.4, -0.2) is 16.1 Å². The van der Waals surface area contributed by atoms with Gasteiger partial charge in [0.1, 0.15) is 0 Å². The summed E-state index contributed by atoms with van der Waals surface area (Å²) in [4.78, 5) is 14.8. The predicted octanol–water partition coefficient (Wildman–Crippen LogP) is 3.90. The number of anilines is 1. The van der Waals surface area contributed by atoms with E-state index in [0.29, 0.717) is 5.56 Å². The number of nitrogens with one attached hydrogen (secondary N) is 1. The van der Waals surface area contributed by atoms with Gasteiger partial charge in [-0.15, -0.1) is 0 Å². The third kappa shape index (κ3) is 3.32. The van der Waals surface area contributed by atoms with E-state index in [1.54, 1.807) is 18.3 Å². The van der Waals surface area contributed by atoms with Crippen molar-refractivity contribution < 1.29 is 4.92 Å². The Morgan fingerprint density at radius 3 is 2.83 bits per heavy atom. The highest BCUT2D eigenvalue weighted by Crippen LogP contribution is 2.22. The van der Waals surface area contributed by atoms with E-state index < -0.39 is 4.92 Å². The Kier molecular flexibility index (Phi) is 3.97. The number of fused-ring (bicyclic) bond motifs is 1. The summed E-state index contributed by atoms with van der Waals surface area (Å²) in [5.74, 6) is 0. The summed E-state index contributed by atoms with van der Waals surface area (Å²) in [6.45, 7) is 1.92. The summed E-state index contributed by atoms with van der Waals surface area (Å²) in [6.07, 6.45) is 1.55. The number of rotatable bonds is 4. The van der Waals surface area contributed by atoms with E-state index in [4.69, 9.17) is 0 Å². The summed E-state index contributed by atoms with van der Waals surface area (Å²) in [5.41, 5.74) is 6.30. The number of hydrazone groups is 1. The summed E-state index contributed by atoms with van der Waals surface area (Å²) in [6, 6.07) is 16.0. The summed E-state index contributed by atoms with van der Waals surface area (Å²) in [5, 5.41) is 15.9. The molecule has 0 aliphatic heterocycles. The summed E-state index contributed by atoms with van der Waals surface area (Å²) in [7, 11) is 0. The van der Waals surface area contributed by atoms with Crippen LogP contribution in [0, 0.1) is 17.0 Å². The fraction of sp³-hybridized carbons (Fsp3) is 0.0588. The van der Waals surface area contributed by atoms with Crippen LogP contribution in [-0.2, 0) is 0 Å². The van der Waals surface area contributed by atoms with Crippen molar-refractivity contribution in [3.05, 3.63) is 76.0 Å². The van der Waals surface area contributed by atoms with E-state index in [1.807, 2.05) is 37.3 Å². The van der Waals surface area contributed by atoms with Gasteiger partial charge in [-0.05, 0) is 19.1 Å². The number of aryl methyl sites for hydroxylation is 1. The third-order valence-corrected chi connectivity index (χ3v) is 3.32. The van der Waals surface area contributed by atoms with Crippen molar-refractivity contribution in [3.63, 3.8) is 0 Å². The molecule has 3 aromatic rings. The molecule has 0 aliphatic rings. The van der Waals surface area contributed by atoms with E-state index in [2.05, 4.69) is 15.5 Å². The molecule has 2 aromatic carbocycles. The largest absolute Gasteiger partial charge is 0.278 e. The van der Waals surface area contributed by atoms with Gasteiger partial charge in [-0.3, -0.25) is 20.5 Å². The molecular formula is C17H14N4O2. The average Bonchev–Trinajstić information content (AvgIpc) is 2.55. The van der Waals surface area contributed by atoms with Crippen LogP contribution < -0.4 is 5.43 Å². The Morgan fingerprint density at radius 2 is 2.00 bits per heavy atom. The average molecular weight is 306 g/mol. The Morgan fingerprint density at radius 1 is 1.17 bits per heavy atom. The zero-order valence-corrected chi connectivity index (χ0v) is 12.4. The fourth-order valence-corrected chi connectivity index (χ4v) is 2.30. The smallest absolute Gasteiger partial charge is 0.270 e. The van der Waals surface area contributed by atoms with Crippen molar-refractivity contribution in [2.24, 2.45) is 5.10 Å². The summed E-state index contributed by atoms with van der Waals surface area (Å²) >= 11 is 0. The molecule has 114 valence electrons. The zero-order chi connectivity index (χ0) is 16.2. The second-order valence-corrected chi connectivity index (χ2v) is 5.05. The molecule has 0 aliphatic carbocycles. The highest BCUT2D eigenvalue weighted by Gasteiger charge is 2.04. The van der Waals surface area contributed by atoms with Gasteiger partial charge in [0.15, 0.2) is 0 Å². The maximum Gasteiger partial charge on any atom is 0.270 e. The number of benzene rings is 2. The number of hydrogen-bond acceptors (Lipinski definition) is 5. The molecule has 0 saturated carbocycles. The SMILES string of the molecule is Cc1cc(N/N=C/c2cccc([N+](=O)[O-])c2)c2ccccc2n1. The predicted molar refractivity (Wildman–Crippen MR) is 90.8 cm³/mol. The van der Waals surface area contributed by atoms with Crippen LogP contribution in [0.2, 0.25) is 0 Å². The molecule has 0 fully saturated rings. The van der Waals surface area contributed by atoms with Crippen molar-refractivity contribution in [1.82, 2.24) is 4.98 Å². The molecule has 6 heteroatoms. The number of nitrogens with zero attached hydrogens (tertiary/aromatic N) is 3.